The number of carbonyl (C=O) groups is 3. The molecule has 43 heavy (non-hydrogen) atoms. The Morgan fingerprint density at radius 1 is 1.14 bits per heavy atom. The Morgan fingerprint density at radius 2 is 1.91 bits per heavy atom. The molecule has 0 spiro atoms. The molecule has 4 aliphatic carbocycles. The van der Waals surface area contributed by atoms with Gasteiger partial charge in [-0.3, -0.25) is 9.59 Å². The number of aliphatic carboxylic acids is 1. The number of aliphatic hydroxyl groups excluding tert-OH is 1. The lowest BCUT2D eigenvalue weighted by Crippen LogP contribution is -2.99. The molecule has 1 aromatic carbocycles. The lowest BCUT2D eigenvalue weighted by Gasteiger charge is -2.58. The number of carbonyl (C=O) groups excluding carboxylic acids is 2. The SMILES string of the molecule is CC(=O)[C@H]1CC[C@H]2[C@H]3CCC4=CC(=NOCC(=O)N[C@H](C(=O)O)[C@H](O)c5cccc([NH+]([O-])O)c5)CC[C@]4(C)[C@H]3CC[C@]12C. The van der Waals surface area contributed by atoms with E-state index in [1.54, 1.807) is 6.92 Å². The van der Waals surface area contributed by atoms with E-state index in [1.807, 2.05) is 0 Å². The Kier molecular flexibility index (Phi) is 8.82. The minimum absolute atomic E-state index is 0.0505. The number of hydrogen-bond acceptors (Lipinski definition) is 8. The Balaban J connectivity index is 1.20. The number of benzene rings is 1. The second-order valence-corrected chi connectivity index (χ2v) is 13.4. The van der Waals surface area contributed by atoms with E-state index in [9.17, 15) is 35.0 Å². The van der Waals surface area contributed by atoms with Gasteiger partial charge in [-0.2, -0.15) is 5.23 Å². The summed E-state index contributed by atoms with van der Waals surface area (Å²) in [5.41, 5.74) is 2.26. The monoisotopic (exact) mass is 597 g/mol. The zero-order valence-corrected chi connectivity index (χ0v) is 25.0. The van der Waals surface area contributed by atoms with E-state index in [-0.39, 0.29) is 28.0 Å². The highest BCUT2D eigenvalue weighted by molar-refractivity contribution is 5.96. The summed E-state index contributed by atoms with van der Waals surface area (Å²) in [6, 6.07) is 3.56. The van der Waals surface area contributed by atoms with Gasteiger partial charge in [-0.05, 0) is 98.5 Å². The van der Waals surface area contributed by atoms with Crippen LogP contribution in [0.1, 0.15) is 83.8 Å². The number of hydrogen-bond donors (Lipinski definition) is 5. The first-order valence-corrected chi connectivity index (χ1v) is 15.3. The Hall–Kier alpha value is -3.12. The number of Topliss-reactive ketones (excluding diaryl/α,β-unsaturated/α-hetero) is 1. The van der Waals surface area contributed by atoms with Crippen molar-refractivity contribution in [2.45, 2.75) is 84.3 Å². The molecule has 11 heteroatoms. The van der Waals surface area contributed by atoms with Crippen LogP contribution in [-0.2, 0) is 19.2 Å². The number of carboxylic acids is 1. The minimum Gasteiger partial charge on any atom is -0.595 e. The maximum atomic E-state index is 12.5. The number of aliphatic hydroxyl groups is 1. The summed E-state index contributed by atoms with van der Waals surface area (Å²) in [6.07, 6.45) is 8.58. The molecule has 5 N–H and O–H groups in total. The Morgan fingerprint density at radius 3 is 2.60 bits per heavy atom. The van der Waals surface area contributed by atoms with Crippen molar-refractivity contribution in [3.05, 3.63) is 46.7 Å². The predicted molar refractivity (Wildman–Crippen MR) is 156 cm³/mol. The third-order valence-corrected chi connectivity index (χ3v) is 11.2. The van der Waals surface area contributed by atoms with Gasteiger partial charge < -0.3 is 25.6 Å². The van der Waals surface area contributed by atoms with Gasteiger partial charge in [0.05, 0.1) is 5.71 Å². The van der Waals surface area contributed by atoms with Gasteiger partial charge in [0.25, 0.3) is 5.91 Å². The first kappa shape index (κ1) is 31.3. The molecule has 0 aliphatic heterocycles. The van der Waals surface area contributed by atoms with Gasteiger partial charge in [0.2, 0.25) is 0 Å². The topological polar surface area (TPSA) is 173 Å². The first-order chi connectivity index (χ1) is 20.3. The van der Waals surface area contributed by atoms with Gasteiger partial charge in [0.15, 0.2) is 18.3 Å². The summed E-state index contributed by atoms with van der Waals surface area (Å²) in [5.74, 6) is 0.109. The van der Waals surface area contributed by atoms with Crippen molar-refractivity contribution in [1.82, 2.24) is 5.32 Å². The molecule has 3 fully saturated rings. The summed E-state index contributed by atoms with van der Waals surface area (Å²) < 4.78 is 0. The molecule has 0 aromatic heterocycles. The van der Waals surface area contributed by atoms with Gasteiger partial charge in [-0.25, -0.2) is 10.0 Å². The first-order valence-electron chi connectivity index (χ1n) is 15.3. The number of carboxylic acid groups (broad SMARTS) is 1. The van der Waals surface area contributed by atoms with E-state index in [0.717, 1.165) is 56.7 Å². The number of amides is 1. The minimum atomic E-state index is -1.71. The number of fused-ring (bicyclic) bond motifs is 5. The van der Waals surface area contributed by atoms with Crippen molar-refractivity contribution in [2.24, 2.45) is 39.7 Å². The van der Waals surface area contributed by atoms with Crippen LogP contribution in [0.2, 0.25) is 0 Å². The van der Waals surface area contributed by atoms with E-state index < -0.39 is 35.9 Å². The summed E-state index contributed by atoms with van der Waals surface area (Å²) in [7, 11) is 0. The number of nitrogens with one attached hydrogen (secondary N) is 2. The second-order valence-electron chi connectivity index (χ2n) is 13.4. The van der Waals surface area contributed by atoms with E-state index in [2.05, 4.69) is 30.4 Å². The Labute approximate surface area is 251 Å². The number of quaternary nitrogens is 1. The van der Waals surface area contributed by atoms with E-state index in [0.29, 0.717) is 30.0 Å². The molecule has 1 amide bonds. The molecule has 11 nitrogen and oxygen atoms in total. The van der Waals surface area contributed by atoms with Crippen LogP contribution < -0.4 is 10.5 Å². The molecular formula is C32H43N3O8. The molecule has 234 valence electrons. The van der Waals surface area contributed by atoms with Crippen LogP contribution in [0, 0.1) is 39.7 Å². The highest BCUT2D eigenvalue weighted by atomic mass is 16.8. The molecule has 3 saturated carbocycles. The van der Waals surface area contributed by atoms with Crippen LogP contribution in [0.3, 0.4) is 0 Å². The average molecular weight is 598 g/mol. The standard InChI is InChI=1S/C32H43N3O8/c1-18(36)24-9-10-25-23-8-7-20-16-21(11-13-31(20,2)26(23)12-14-32(24,25)3)34-43-17-27(37)33-28(30(39)40)29(38)19-5-4-6-22(15-19)35(41)42/h4-6,15-16,23-26,28-29,35,38,41H,7-14,17H2,1-3H3,(H,33,37)(H,39,40)/t23-,24-,25+,26+,28+,29-,31+,32-/m1/s1. The van der Waals surface area contributed by atoms with E-state index in [4.69, 9.17) is 4.84 Å². The van der Waals surface area contributed by atoms with Crippen LogP contribution >= 0.6 is 0 Å². The zero-order valence-electron chi connectivity index (χ0n) is 25.0. The van der Waals surface area contributed by atoms with Crippen molar-refractivity contribution in [3.63, 3.8) is 0 Å². The fourth-order valence-electron chi connectivity index (χ4n) is 9.02. The van der Waals surface area contributed by atoms with Gasteiger partial charge >= 0.3 is 5.97 Å². The normalized spacial score (nSPS) is 34.6. The number of oxime groups is 1. The largest absolute Gasteiger partial charge is 0.595 e. The van der Waals surface area contributed by atoms with Crippen molar-refractivity contribution in [3.8, 4) is 0 Å². The van der Waals surface area contributed by atoms with Crippen molar-refractivity contribution in [1.29, 1.82) is 0 Å². The predicted octanol–water partition coefficient (Wildman–Crippen LogP) is 3.23. The molecule has 5 rings (SSSR count). The maximum absolute atomic E-state index is 12.5. The van der Waals surface area contributed by atoms with Gasteiger partial charge in [-0.15, -0.1) is 0 Å². The second kappa shape index (κ2) is 12.1. The van der Waals surface area contributed by atoms with Crippen molar-refractivity contribution >= 4 is 29.1 Å². The molecule has 0 bridgehead atoms. The highest BCUT2D eigenvalue weighted by Gasteiger charge is 2.59. The lowest BCUT2D eigenvalue weighted by atomic mass is 9.46. The van der Waals surface area contributed by atoms with Crippen LogP contribution in [0.5, 0.6) is 0 Å². The fraction of sp³-hybridized carbons (Fsp3) is 0.625. The molecule has 0 radical (unpaired) electrons. The van der Waals surface area contributed by atoms with Crippen molar-refractivity contribution < 1.29 is 39.9 Å². The quantitative estimate of drug-likeness (QED) is 0.270. The smallest absolute Gasteiger partial charge is 0.329 e. The third kappa shape index (κ3) is 5.87. The number of allylic oxidation sites excluding steroid dienone is 2. The summed E-state index contributed by atoms with van der Waals surface area (Å²) in [6.45, 7) is 5.97. The van der Waals surface area contributed by atoms with Crippen LogP contribution in [0.4, 0.5) is 5.69 Å². The molecular weight excluding hydrogens is 554 g/mol. The van der Waals surface area contributed by atoms with Gasteiger partial charge in [0.1, 0.15) is 11.9 Å². The van der Waals surface area contributed by atoms with Gasteiger partial charge in [0, 0.05) is 18.1 Å². The van der Waals surface area contributed by atoms with Crippen LogP contribution in [-0.4, -0.2) is 51.4 Å². The van der Waals surface area contributed by atoms with Crippen LogP contribution in [0.25, 0.3) is 0 Å². The van der Waals surface area contributed by atoms with E-state index >= 15 is 0 Å². The average Bonchev–Trinajstić information content (AvgIpc) is 3.33. The zero-order chi connectivity index (χ0) is 31.1. The van der Waals surface area contributed by atoms with Crippen LogP contribution in [0.15, 0.2) is 41.1 Å². The molecule has 0 heterocycles. The fourth-order valence-corrected chi connectivity index (χ4v) is 9.02. The number of ketones is 1. The summed E-state index contributed by atoms with van der Waals surface area (Å²) in [4.78, 5) is 42.0. The number of nitrogens with zero attached hydrogens (tertiary/aromatic N) is 1. The van der Waals surface area contributed by atoms with E-state index in [1.165, 1.54) is 23.8 Å². The Bertz CT molecular complexity index is 1330. The molecule has 0 saturated heterocycles. The lowest BCUT2D eigenvalue weighted by molar-refractivity contribution is -0.991. The highest BCUT2D eigenvalue weighted by Crippen LogP contribution is 2.66. The maximum Gasteiger partial charge on any atom is 0.329 e. The number of rotatable bonds is 9. The molecule has 1 unspecified atom stereocenters. The third-order valence-electron chi connectivity index (χ3n) is 11.2. The summed E-state index contributed by atoms with van der Waals surface area (Å²) >= 11 is 0. The summed E-state index contributed by atoms with van der Waals surface area (Å²) in [5, 5.41) is 45.8. The van der Waals surface area contributed by atoms with Gasteiger partial charge in [-0.1, -0.05) is 36.7 Å². The molecule has 4 aliphatic rings. The molecule has 1 aromatic rings. The van der Waals surface area contributed by atoms with Crippen molar-refractivity contribution in [2.75, 3.05) is 6.61 Å². The molecule has 9 atom stereocenters.